The molecule has 0 aromatic carbocycles. The third-order valence-corrected chi connectivity index (χ3v) is 1.02. The lowest BCUT2D eigenvalue weighted by Gasteiger charge is -1.87. The second kappa shape index (κ2) is 2.31. The van der Waals surface area contributed by atoms with Crippen LogP contribution >= 0.6 is 0 Å². The van der Waals surface area contributed by atoms with Gasteiger partial charge in [0.05, 0.1) is 5.56 Å². The largest absolute Gasteiger partial charge is 0.271 e. The molecule has 0 fully saturated rings. The SMILES string of the molecule is CCn1cc(C#N)[c]n1. The van der Waals surface area contributed by atoms with Crippen LogP contribution in [0.25, 0.3) is 0 Å². The molecule has 9 heavy (non-hydrogen) atoms. The molecule has 0 saturated heterocycles. The van der Waals surface area contributed by atoms with Gasteiger partial charge in [-0.25, -0.2) is 0 Å². The van der Waals surface area contributed by atoms with Crippen molar-refractivity contribution in [1.29, 1.82) is 5.26 Å². The van der Waals surface area contributed by atoms with E-state index in [1.165, 1.54) is 0 Å². The lowest BCUT2D eigenvalue weighted by atomic mass is 10.4. The van der Waals surface area contributed by atoms with Crippen LogP contribution in [0.5, 0.6) is 0 Å². The van der Waals surface area contributed by atoms with Crippen LogP contribution in [0.4, 0.5) is 0 Å². The average Bonchev–Trinajstić information content (AvgIpc) is 2.34. The maximum atomic E-state index is 8.31. The Morgan fingerprint density at radius 2 is 2.78 bits per heavy atom. The zero-order valence-electron chi connectivity index (χ0n) is 5.13. The van der Waals surface area contributed by atoms with Crippen molar-refractivity contribution in [3.63, 3.8) is 0 Å². The van der Waals surface area contributed by atoms with Crippen LogP contribution in [-0.4, -0.2) is 9.78 Å². The van der Waals surface area contributed by atoms with Crippen molar-refractivity contribution in [1.82, 2.24) is 9.78 Å². The van der Waals surface area contributed by atoms with Gasteiger partial charge in [-0.05, 0) is 6.92 Å². The van der Waals surface area contributed by atoms with Crippen molar-refractivity contribution in [2.45, 2.75) is 13.5 Å². The maximum absolute atomic E-state index is 8.31. The number of nitrogens with zero attached hydrogens (tertiary/aromatic N) is 3. The fourth-order valence-corrected chi connectivity index (χ4v) is 0.541. The predicted octanol–water partition coefficient (Wildman–Crippen LogP) is 0.575. The second-order valence-corrected chi connectivity index (χ2v) is 1.62. The smallest absolute Gasteiger partial charge is 0.132 e. The Labute approximate surface area is 53.5 Å². The normalized spacial score (nSPS) is 8.89. The van der Waals surface area contributed by atoms with E-state index in [0.29, 0.717) is 5.56 Å². The zero-order chi connectivity index (χ0) is 6.69. The van der Waals surface area contributed by atoms with E-state index in [-0.39, 0.29) is 0 Å². The molecule has 0 aliphatic heterocycles. The van der Waals surface area contributed by atoms with Crippen molar-refractivity contribution < 1.29 is 0 Å². The van der Waals surface area contributed by atoms with Gasteiger partial charge in [0.25, 0.3) is 0 Å². The van der Waals surface area contributed by atoms with E-state index in [1.54, 1.807) is 10.9 Å². The van der Waals surface area contributed by atoms with E-state index in [9.17, 15) is 0 Å². The van der Waals surface area contributed by atoms with E-state index in [2.05, 4.69) is 11.3 Å². The molecule has 1 heterocycles. The molecular weight excluding hydrogens is 114 g/mol. The second-order valence-electron chi connectivity index (χ2n) is 1.62. The van der Waals surface area contributed by atoms with E-state index < -0.39 is 0 Å². The molecule has 3 nitrogen and oxygen atoms in total. The van der Waals surface area contributed by atoms with Crippen LogP contribution in [0.2, 0.25) is 0 Å². The standard InChI is InChI=1S/C6H6N3/c1-2-9-5-6(3-7)4-8-9/h5H,2H2,1H3. The fourth-order valence-electron chi connectivity index (χ4n) is 0.541. The first-order chi connectivity index (χ1) is 4.36. The molecule has 0 aliphatic carbocycles. The Kier molecular flexibility index (Phi) is 1.50. The Morgan fingerprint density at radius 3 is 3.11 bits per heavy atom. The molecular formula is C6H6N3. The summed E-state index contributed by atoms with van der Waals surface area (Å²) in [7, 11) is 0. The number of aryl methyl sites for hydroxylation is 1. The summed E-state index contributed by atoms with van der Waals surface area (Å²) in [5, 5.41) is 12.1. The molecule has 0 saturated carbocycles. The van der Waals surface area contributed by atoms with Gasteiger partial charge in [-0.15, -0.1) is 0 Å². The Balaban J connectivity index is 2.90. The van der Waals surface area contributed by atoms with Crippen LogP contribution in [0.15, 0.2) is 6.20 Å². The molecule has 1 rings (SSSR count). The minimum absolute atomic E-state index is 0.497. The van der Waals surface area contributed by atoms with Gasteiger partial charge in [-0.1, -0.05) is 0 Å². The van der Waals surface area contributed by atoms with Crippen molar-refractivity contribution >= 4 is 0 Å². The minimum Gasteiger partial charge on any atom is -0.271 e. The lowest BCUT2D eigenvalue weighted by molar-refractivity contribution is 0.658. The molecule has 3 heteroatoms. The Morgan fingerprint density at radius 1 is 2.00 bits per heavy atom. The van der Waals surface area contributed by atoms with Gasteiger partial charge in [-0.3, -0.25) is 4.68 Å². The summed E-state index contributed by atoms with van der Waals surface area (Å²) in [4.78, 5) is 0. The Bertz CT molecular complexity index is 231. The molecule has 0 aliphatic rings. The number of aromatic nitrogens is 2. The highest BCUT2D eigenvalue weighted by Crippen LogP contribution is 1.91. The third kappa shape index (κ3) is 1.08. The minimum atomic E-state index is 0.497. The summed E-state index contributed by atoms with van der Waals surface area (Å²) < 4.78 is 1.67. The van der Waals surface area contributed by atoms with Gasteiger partial charge in [0.1, 0.15) is 12.3 Å². The van der Waals surface area contributed by atoms with E-state index >= 15 is 0 Å². The first-order valence-electron chi connectivity index (χ1n) is 2.72. The number of hydrogen-bond donors (Lipinski definition) is 0. The number of nitriles is 1. The molecule has 0 atom stereocenters. The van der Waals surface area contributed by atoms with Crippen LogP contribution in [0.1, 0.15) is 12.5 Å². The first kappa shape index (κ1) is 5.83. The lowest BCUT2D eigenvalue weighted by Crippen LogP contribution is -1.91. The highest BCUT2D eigenvalue weighted by molar-refractivity contribution is 5.20. The topological polar surface area (TPSA) is 41.6 Å². The van der Waals surface area contributed by atoms with Crippen molar-refractivity contribution in [3.05, 3.63) is 18.0 Å². The number of rotatable bonds is 1. The summed E-state index contributed by atoms with van der Waals surface area (Å²) >= 11 is 0. The number of hydrogen-bond acceptors (Lipinski definition) is 2. The van der Waals surface area contributed by atoms with Gasteiger partial charge in [-0.2, -0.15) is 10.4 Å². The van der Waals surface area contributed by atoms with Crippen molar-refractivity contribution in [2.24, 2.45) is 0 Å². The fraction of sp³-hybridized carbons (Fsp3) is 0.333. The van der Waals surface area contributed by atoms with E-state index in [4.69, 9.17) is 5.26 Å². The molecule has 1 aromatic rings. The predicted molar refractivity (Wildman–Crippen MR) is 31.5 cm³/mol. The highest BCUT2D eigenvalue weighted by atomic mass is 15.3. The van der Waals surface area contributed by atoms with Crippen LogP contribution in [0.3, 0.4) is 0 Å². The van der Waals surface area contributed by atoms with Gasteiger partial charge >= 0.3 is 0 Å². The zero-order valence-corrected chi connectivity index (χ0v) is 5.13. The highest BCUT2D eigenvalue weighted by Gasteiger charge is 1.92. The molecule has 0 bridgehead atoms. The van der Waals surface area contributed by atoms with Gasteiger partial charge < -0.3 is 0 Å². The van der Waals surface area contributed by atoms with Crippen LogP contribution in [0, 0.1) is 17.5 Å². The van der Waals surface area contributed by atoms with Gasteiger partial charge in [0.2, 0.25) is 0 Å². The molecule has 1 radical (unpaired) electrons. The van der Waals surface area contributed by atoms with E-state index in [0.717, 1.165) is 6.54 Å². The molecule has 0 spiro atoms. The van der Waals surface area contributed by atoms with Crippen molar-refractivity contribution in [2.75, 3.05) is 0 Å². The summed E-state index contributed by atoms with van der Waals surface area (Å²) in [6.07, 6.45) is 4.22. The molecule has 0 N–H and O–H groups in total. The van der Waals surface area contributed by atoms with Crippen LogP contribution < -0.4 is 0 Å². The van der Waals surface area contributed by atoms with Gasteiger partial charge in [0, 0.05) is 12.7 Å². The van der Waals surface area contributed by atoms with Crippen molar-refractivity contribution in [3.8, 4) is 6.07 Å². The van der Waals surface area contributed by atoms with Crippen LogP contribution in [-0.2, 0) is 6.54 Å². The summed E-state index contributed by atoms with van der Waals surface area (Å²) in [6.45, 7) is 2.75. The van der Waals surface area contributed by atoms with Gasteiger partial charge in [0.15, 0.2) is 0 Å². The quantitative estimate of drug-likeness (QED) is 0.543. The molecule has 0 amide bonds. The molecule has 45 valence electrons. The summed E-state index contributed by atoms with van der Waals surface area (Å²) in [5.41, 5.74) is 0.497. The summed E-state index contributed by atoms with van der Waals surface area (Å²) in [6, 6.07) is 1.94. The molecule has 0 unspecified atom stereocenters. The van der Waals surface area contributed by atoms with E-state index in [1.807, 2.05) is 13.0 Å². The third-order valence-electron chi connectivity index (χ3n) is 1.02. The monoisotopic (exact) mass is 120 g/mol. The first-order valence-corrected chi connectivity index (χ1v) is 2.72. The average molecular weight is 120 g/mol. The molecule has 1 aromatic heterocycles. The maximum Gasteiger partial charge on any atom is 0.132 e. The Hall–Kier alpha value is -1.30. The summed E-state index contributed by atoms with van der Waals surface area (Å²) in [5.74, 6) is 0.